The molecule has 1 amide bonds. The van der Waals surface area contributed by atoms with Gasteiger partial charge in [-0.2, -0.15) is 0 Å². The van der Waals surface area contributed by atoms with Gasteiger partial charge in [-0.25, -0.2) is 0 Å². The minimum absolute atomic E-state index is 0.0819. The maximum atomic E-state index is 11.7. The third-order valence-corrected chi connectivity index (χ3v) is 3.08. The van der Waals surface area contributed by atoms with Crippen LogP contribution in [0.5, 0.6) is 5.75 Å². The lowest BCUT2D eigenvalue weighted by Gasteiger charge is -2.14. The Bertz CT molecular complexity index is 423. The van der Waals surface area contributed by atoms with Crippen LogP contribution in [-0.2, 0) is 11.4 Å². The molecule has 0 spiro atoms. The Hall–Kier alpha value is -1.26. The molecule has 4 nitrogen and oxygen atoms in total. The number of carbonyl (C=O) groups excluding carboxylic acids is 1. The van der Waals surface area contributed by atoms with Gasteiger partial charge in [-0.1, -0.05) is 31.0 Å². The Labute approximate surface area is 118 Å². The lowest BCUT2D eigenvalue weighted by Crippen LogP contribution is -2.36. The predicted molar refractivity (Wildman–Crippen MR) is 75.4 cm³/mol. The van der Waals surface area contributed by atoms with Crippen molar-refractivity contribution in [2.75, 3.05) is 6.61 Å². The molecule has 0 aliphatic rings. The van der Waals surface area contributed by atoms with Gasteiger partial charge >= 0.3 is 0 Å². The van der Waals surface area contributed by atoms with Crippen molar-refractivity contribution in [1.29, 1.82) is 0 Å². The second-order valence-corrected chi connectivity index (χ2v) is 4.83. The molecule has 106 valence electrons. The van der Waals surface area contributed by atoms with E-state index in [1.807, 2.05) is 6.92 Å². The molecule has 19 heavy (non-hydrogen) atoms. The summed E-state index contributed by atoms with van der Waals surface area (Å²) < 4.78 is 5.39. The molecule has 2 N–H and O–H groups in total. The quantitative estimate of drug-likeness (QED) is 0.809. The zero-order valence-corrected chi connectivity index (χ0v) is 12.0. The van der Waals surface area contributed by atoms with E-state index in [1.165, 1.54) is 0 Å². The Morgan fingerprint density at radius 1 is 1.53 bits per heavy atom. The monoisotopic (exact) mass is 285 g/mol. The molecule has 1 aromatic carbocycles. The Morgan fingerprint density at radius 3 is 2.89 bits per heavy atom. The molecule has 0 aliphatic carbocycles. The molecule has 1 unspecified atom stereocenters. The van der Waals surface area contributed by atoms with Gasteiger partial charge in [0.25, 0.3) is 5.91 Å². The van der Waals surface area contributed by atoms with Crippen LogP contribution >= 0.6 is 11.6 Å². The zero-order chi connectivity index (χ0) is 14.3. The summed E-state index contributed by atoms with van der Waals surface area (Å²) in [6.45, 7) is 3.73. The van der Waals surface area contributed by atoms with E-state index < -0.39 is 0 Å². The molecule has 1 atom stereocenters. The van der Waals surface area contributed by atoms with Gasteiger partial charge in [0.05, 0.1) is 6.61 Å². The van der Waals surface area contributed by atoms with Gasteiger partial charge in [0.2, 0.25) is 0 Å². The average molecular weight is 286 g/mol. The van der Waals surface area contributed by atoms with Crippen molar-refractivity contribution < 1.29 is 14.6 Å². The highest BCUT2D eigenvalue weighted by molar-refractivity contribution is 6.31. The molecule has 0 fully saturated rings. The van der Waals surface area contributed by atoms with Crippen molar-refractivity contribution in [3.05, 3.63) is 28.8 Å². The van der Waals surface area contributed by atoms with Crippen LogP contribution in [0.15, 0.2) is 18.2 Å². The van der Waals surface area contributed by atoms with Crippen LogP contribution in [0.1, 0.15) is 32.3 Å². The van der Waals surface area contributed by atoms with E-state index >= 15 is 0 Å². The zero-order valence-electron chi connectivity index (χ0n) is 11.3. The van der Waals surface area contributed by atoms with Gasteiger partial charge in [-0.05, 0) is 25.5 Å². The molecule has 1 rings (SSSR count). The summed E-state index contributed by atoms with van der Waals surface area (Å²) in [7, 11) is 0. The van der Waals surface area contributed by atoms with Crippen LogP contribution < -0.4 is 10.1 Å². The van der Waals surface area contributed by atoms with Gasteiger partial charge in [0.1, 0.15) is 5.75 Å². The molecule has 0 saturated carbocycles. The first-order valence-electron chi connectivity index (χ1n) is 6.38. The van der Waals surface area contributed by atoms with E-state index in [2.05, 4.69) is 12.2 Å². The lowest BCUT2D eigenvalue weighted by molar-refractivity contribution is -0.123. The lowest BCUT2D eigenvalue weighted by atomic mass is 10.2. The van der Waals surface area contributed by atoms with Gasteiger partial charge in [-0.15, -0.1) is 0 Å². The number of ether oxygens (including phenoxy) is 1. The van der Waals surface area contributed by atoms with Crippen molar-refractivity contribution in [2.24, 2.45) is 0 Å². The SMILES string of the molecule is CCCC(C)NC(=O)COc1cccc(Cl)c1CO. The normalized spacial score (nSPS) is 12.0. The van der Waals surface area contributed by atoms with Crippen LogP contribution in [-0.4, -0.2) is 23.7 Å². The van der Waals surface area contributed by atoms with Crippen LogP contribution in [0, 0.1) is 0 Å². The molecule has 0 aromatic heterocycles. The summed E-state index contributed by atoms with van der Waals surface area (Å²) >= 11 is 5.93. The number of hydrogen-bond acceptors (Lipinski definition) is 3. The van der Waals surface area contributed by atoms with E-state index in [1.54, 1.807) is 18.2 Å². The van der Waals surface area contributed by atoms with Crippen LogP contribution in [0.4, 0.5) is 0 Å². The van der Waals surface area contributed by atoms with Crippen molar-refractivity contribution in [2.45, 2.75) is 39.3 Å². The first kappa shape index (κ1) is 15.8. The molecule has 0 aliphatic heterocycles. The maximum Gasteiger partial charge on any atom is 0.258 e. The molecule has 0 saturated heterocycles. The summed E-state index contributed by atoms with van der Waals surface area (Å²) in [6, 6.07) is 5.20. The number of benzene rings is 1. The van der Waals surface area contributed by atoms with E-state index in [0.29, 0.717) is 16.3 Å². The summed E-state index contributed by atoms with van der Waals surface area (Å²) in [5.74, 6) is 0.262. The van der Waals surface area contributed by atoms with Gasteiger partial charge in [0, 0.05) is 16.6 Å². The summed E-state index contributed by atoms with van der Waals surface area (Å²) in [6.07, 6.45) is 1.95. The maximum absolute atomic E-state index is 11.7. The minimum atomic E-state index is -0.219. The van der Waals surface area contributed by atoms with Crippen LogP contribution in [0.2, 0.25) is 5.02 Å². The number of aliphatic hydroxyl groups is 1. The smallest absolute Gasteiger partial charge is 0.258 e. The number of hydrogen-bond donors (Lipinski definition) is 2. The number of carbonyl (C=O) groups is 1. The molecule has 5 heteroatoms. The number of aliphatic hydroxyl groups excluding tert-OH is 1. The number of halogens is 1. The highest BCUT2D eigenvalue weighted by atomic mass is 35.5. The van der Waals surface area contributed by atoms with Gasteiger partial charge in [0.15, 0.2) is 6.61 Å². The van der Waals surface area contributed by atoms with E-state index in [4.69, 9.17) is 16.3 Å². The van der Waals surface area contributed by atoms with Crippen LogP contribution in [0.25, 0.3) is 0 Å². The molecule has 1 aromatic rings. The second-order valence-electron chi connectivity index (χ2n) is 4.42. The molecule has 0 heterocycles. The standard InChI is InChI=1S/C14H20ClNO3/c1-3-5-10(2)16-14(18)9-19-13-7-4-6-12(15)11(13)8-17/h4,6-7,10,17H,3,5,8-9H2,1-2H3,(H,16,18). The Kier molecular flexibility index (Phi) is 6.67. The fourth-order valence-corrected chi connectivity index (χ4v) is 2.02. The Balaban J connectivity index is 2.53. The van der Waals surface area contributed by atoms with E-state index in [9.17, 15) is 9.90 Å². The highest BCUT2D eigenvalue weighted by Crippen LogP contribution is 2.26. The molecular formula is C14H20ClNO3. The number of amides is 1. The largest absolute Gasteiger partial charge is 0.483 e. The fraction of sp³-hybridized carbons (Fsp3) is 0.500. The van der Waals surface area contributed by atoms with Crippen molar-refractivity contribution >= 4 is 17.5 Å². The van der Waals surface area contributed by atoms with Gasteiger partial charge < -0.3 is 15.2 Å². The minimum Gasteiger partial charge on any atom is -0.483 e. The van der Waals surface area contributed by atoms with Crippen molar-refractivity contribution in [3.63, 3.8) is 0 Å². The van der Waals surface area contributed by atoms with E-state index in [-0.39, 0.29) is 25.2 Å². The van der Waals surface area contributed by atoms with Gasteiger partial charge in [-0.3, -0.25) is 4.79 Å². The van der Waals surface area contributed by atoms with E-state index in [0.717, 1.165) is 12.8 Å². The van der Waals surface area contributed by atoms with Crippen LogP contribution in [0.3, 0.4) is 0 Å². The first-order chi connectivity index (χ1) is 9.08. The molecular weight excluding hydrogens is 266 g/mol. The Morgan fingerprint density at radius 2 is 2.26 bits per heavy atom. The average Bonchev–Trinajstić information content (AvgIpc) is 2.36. The summed E-state index contributed by atoms with van der Waals surface area (Å²) in [4.78, 5) is 11.7. The fourth-order valence-electron chi connectivity index (χ4n) is 1.79. The molecule has 0 radical (unpaired) electrons. The summed E-state index contributed by atoms with van der Waals surface area (Å²) in [5.41, 5.74) is 0.499. The second kappa shape index (κ2) is 8.02. The molecule has 0 bridgehead atoms. The van der Waals surface area contributed by atoms with Crippen molar-refractivity contribution in [3.8, 4) is 5.75 Å². The first-order valence-corrected chi connectivity index (χ1v) is 6.76. The third kappa shape index (κ3) is 5.09. The topological polar surface area (TPSA) is 58.6 Å². The number of nitrogens with one attached hydrogen (secondary N) is 1. The summed E-state index contributed by atoms with van der Waals surface area (Å²) in [5, 5.41) is 12.5. The predicted octanol–water partition coefficient (Wildman–Crippen LogP) is 2.52. The number of rotatable bonds is 7. The third-order valence-electron chi connectivity index (χ3n) is 2.72. The highest BCUT2D eigenvalue weighted by Gasteiger charge is 2.10. The van der Waals surface area contributed by atoms with Crippen molar-refractivity contribution in [1.82, 2.24) is 5.32 Å².